The van der Waals surface area contributed by atoms with Crippen LogP contribution in [0.4, 0.5) is 0 Å². The Morgan fingerprint density at radius 3 is 2.61 bits per heavy atom. The molecular formula is C18H27N3O2. The number of ether oxygens (including phenoxy) is 1. The van der Waals surface area contributed by atoms with Crippen LogP contribution in [0.5, 0.6) is 5.75 Å². The van der Waals surface area contributed by atoms with E-state index in [-0.39, 0.29) is 11.0 Å². The average molecular weight is 317 g/mol. The van der Waals surface area contributed by atoms with Crippen molar-refractivity contribution in [3.8, 4) is 5.75 Å². The fourth-order valence-electron chi connectivity index (χ4n) is 2.49. The van der Waals surface area contributed by atoms with E-state index in [1.807, 2.05) is 47.9 Å². The Hall–Kier alpha value is -1.88. The van der Waals surface area contributed by atoms with Crippen molar-refractivity contribution in [1.82, 2.24) is 14.3 Å². The summed E-state index contributed by atoms with van der Waals surface area (Å²) in [7, 11) is 4.08. The third-order valence-corrected chi connectivity index (χ3v) is 3.79. The second-order valence-electron chi connectivity index (χ2n) is 7.28. The maximum Gasteiger partial charge on any atom is 0.261 e. The average Bonchev–Trinajstić information content (AvgIpc) is 2.43. The molecule has 0 aliphatic carbocycles. The zero-order valence-corrected chi connectivity index (χ0v) is 15.0. The van der Waals surface area contributed by atoms with Crippen LogP contribution in [0.15, 0.2) is 23.3 Å². The largest absolute Gasteiger partial charge is 0.492 e. The van der Waals surface area contributed by atoms with Crippen LogP contribution < -0.4 is 10.3 Å². The third kappa shape index (κ3) is 4.10. The number of aryl methyl sites for hydroxylation is 1. The van der Waals surface area contributed by atoms with E-state index in [0.29, 0.717) is 23.6 Å². The van der Waals surface area contributed by atoms with Crippen molar-refractivity contribution in [2.45, 2.75) is 39.5 Å². The summed E-state index contributed by atoms with van der Waals surface area (Å²) in [6.07, 6.45) is 4.39. The van der Waals surface area contributed by atoms with Gasteiger partial charge in [-0.3, -0.25) is 9.20 Å². The molecule has 0 saturated heterocycles. The van der Waals surface area contributed by atoms with Gasteiger partial charge in [0.25, 0.3) is 5.56 Å². The Morgan fingerprint density at radius 2 is 2.00 bits per heavy atom. The number of rotatable bonds is 5. The van der Waals surface area contributed by atoms with Crippen molar-refractivity contribution in [2.24, 2.45) is 0 Å². The predicted molar refractivity (Wildman–Crippen MR) is 93.6 cm³/mol. The molecule has 5 nitrogen and oxygen atoms in total. The minimum absolute atomic E-state index is 0.0238. The summed E-state index contributed by atoms with van der Waals surface area (Å²) in [6.45, 7) is 9.61. The normalized spacial score (nSPS) is 12.1. The van der Waals surface area contributed by atoms with Crippen molar-refractivity contribution >= 4 is 5.65 Å². The van der Waals surface area contributed by atoms with Gasteiger partial charge in [-0.2, -0.15) is 0 Å². The second-order valence-corrected chi connectivity index (χ2v) is 7.28. The lowest BCUT2D eigenvalue weighted by Gasteiger charge is -2.18. The first-order valence-electron chi connectivity index (χ1n) is 8.00. The zero-order chi connectivity index (χ0) is 17.2. The summed E-state index contributed by atoms with van der Waals surface area (Å²) in [5, 5.41) is 0. The quantitative estimate of drug-likeness (QED) is 0.795. The maximum absolute atomic E-state index is 12.8. The van der Waals surface area contributed by atoms with Gasteiger partial charge in [-0.05, 0) is 44.5 Å². The molecule has 0 aromatic carbocycles. The highest BCUT2D eigenvalue weighted by atomic mass is 16.5. The van der Waals surface area contributed by atoms with Gasteiger partial charge in [0.05, 0.1) is 12.8 Å². The van der Waals surface area contributed by atoms with E-state index in [9.17, 15) is 4.79 Å². The van der Waals surface area contributed by atoms with Gasteiger partial charge in [-0.15, -0.1) is 0 Å². The molecule has 2 aromatic rings. The molecule has 2 heterocycles. The van der Waals surface area contributed by atoms with Crippen LogP contribution in [0.1, 0.15) is 38.3 Å². The third-order valence-electron chi connectivity index (χ3n) is 3.79. The van der Waals surface area contributed by atoms with Gasteiger partial charge in [-0.25, -0.2) is 4.98 Å². The fourth-order valence-corrected chi connectivity index (χ4v) is 2.49. The number of aromatic nitrogens is 2. The monoisotopic (exact) mass is 317 g/mol. The van der Waals surface area contributed by atoms with Crippen molar-refractivity contribution < 1.29 is 4.74 Å². The zero-order valence-electron chi connectivity index (χ0n) is 15.0. The number of pyridine rings is 1. The van der Waals surface area contributed by atoms with Gasteiger partial charge >= 0.3 is 0 Å². The molecule has 5 heteroatoms. The van der Waals surface area contributed by atoms with Gasteiger partial charge in [0, 0.05) is 18.3 Å². The second kappa shape index (κ2) is 6.71. The van der Waals surface area contributed by atoms with Crippen LogP contribution in [-0.4, -0.2) is 41.5 Å². The van der Waals surface area contributed by atoms with Crippen LogP contribution in [0.2, 0.25) is 0 Å². The molecule has 0 spiro atoms. The molecule has 23 heavy (non-hydrogen) atoms. The number of nitrogens with zero attached hydrogens (tertiary/aromatic N) is 3. The molecule has 0 aliphatic heterocycles. The van der Waals surface area contributed by atoms with E-state index in [4.69, 9.17) is 4.74 Å². The summed E-state index contributed by atoms with van der Waals surface area (Å²) >= 11 is 0. The van der Waals surface area contributed by atoms with Crippen molar-refractivity contribution in [1.29, 1.82) is 0 Å². The molecule has 0 unspecified atom stereocenters. The molecule has 0 bridgehead atoms. The van der Waals surface area contributed by atoms with Crippen LogP contribution in [0, 0.1) is 6.92 Å². The highest BCUT2D eigenvalue weighted by Crippen LogP contribution is 2.20. The Labute approximate surface area is 137 Å². The van der Waals surface area contributed by atoms with Gasteiger partial charge in [0.15, 0.2) is 0 Å². The van der Waals surface area contributed by atoms with Crippen LogP contribution in [-0.2, 0) is 5.41 Å². The summed E-state index contributed by atoms with van der Waals surface area (Å²) < 4.78 is 7.42. The fraction of sp³-hybridized carbons (Fsp3) is 0.556. The Kier molecular flexibility index (Phi) is 5.09. The molecule has 0 atom stereocenters. The Bertz CT molecular complexity index is 742. The molecule has 0 radical (unpaired) electrons. The first-order valence-corrected chi connectivity index (χ1v) is 8.00. The van der Waals surface area contributed by atoms with E-state index in [1.54, 1.807) is 16.8 Å². The lowest BCUT2D eigenvalue weighted by atomic mass is 9.89. The van der Waals surface area contributed by atoms with Gasteiger partial charge in [0.2, 0.25) is 0 Å². The number of fused-ring (bicyclic) bond motifs is 1. The smallest absolute Gasteiger partial charge is 0.261 e. The predicted octanol–water partition coefficient (Wildman–Crippen LogP) is 2.63. The molecular weight excluding hydrogens is 290 g/mol. The van der Waals surface area contributed by atoms with Crippen LogP contribution in [0.25, 0.3) is 5.65 Å². The highest BCUT2D eigenvalue weighted by molar-refractivity contribution is 5.50. The van der Waals surface area contributed by atoms with E-state index in [2.05, 4.69) is 9.88 Å². The number of hydrogen-bond donors (Lipinski definition) is 0. The Morgan fingerprint density at radius 1 is 1.30 bits per heavy atom. The molecule has 0 aliphatic rings. The SMILES string of the molecule is Cc1cc(OCCCN(C)C)cn2c(=O)c(C(C)(C)C)cnc12. The molecule has 0 saturated carbocycles. The van der Waals surface area contributed by atoms with Gasteiger partial charge in [-0.1, -0.05) is 20.8 Å². The van der Waals surface area contributed by atoms with Crippen molar-refractivity contribution in [3.05, 3.63) is 39.9 Å². The Balaban J connectivity index is 2.35. The number of hydrogen-bond acceptors (Lipinski definition) is 4. The minimum atomic E-state index is -0.234. The van der Waals surface area contributed by atoms with E-state index < -0.39 is 0 Å². The van der Waals surface area contributed by atoms with Gasteiger partial charge < -0.3 is 9.64 Å². The lowest BCUT2D eigenvalue weighted by molar-refractivity contribution is 0.280. The molecule has 2 aromatic heterocycles. The van der Waals surface area contributed by atoms with E-state index in [0.717, 1.165) is 18.5 Å². The summed E-state index contributed by atoms with van der Waals surface area (Å²) in [6, 6.07) is 1.94. The van der Waals surface area contributed by atoms with Crippen LogP contribution in [0.3, 0.4) is 0 Å². The topological polar surface area (TPSA) is 46.8 Å². The van der Waals surface area contributed by atoms with Crippen molar-refractivity contribution in [3.63, 3.8) is 0 Å². The molecule has 2 rings (SSSR count). The minimum Gasteiger partial charge on any atom is -0.492 e. The maximum atomic E-state index is 12.8. The van der Waals surface area contributed by atoms with Gasteiger partial charge in [0.1, 0.15) is 11.4 Å². The lowest BCUT2D eigenvalue weighted by Crippen LogP contribution is -2.28. The summed E-state index contributed by atoms with van der Waals surface area (Å²) in [5.41, 5.74) is 2.07. The first kappa shape index (κ1) is 17.5. The van der Waals surface area contributed by atoms with E-state index >= 15 is 0 Å². The van der Waals surface area contributed by atoms with E-state index in [1.165, 1.54) is 0 Å². The van der Waals surface area contributed by atoms with Crippen LogP contribution >= 0.6 is 0 Å². The molecule has 0 N–H and O–H groups in total. The summed E-state index contributed by atoms with van der Waals surface area (Å²) in [5.74, 6) is 0.712. The molecule has 0 fully saturated rings. The van der Waals surface area contributed by atoms with Crippen molar-refractivity contribution in [2.75, 3.05) is 27.2 Å². The molecule has 0 amide bonds. The summed E-state index contributed by atoms with van der Waals surface area (Å²) in [4.78, 5) is 19.4. The standard InChI is InChI=1S/C18H27N3O2/c1-13-10-14(23-9-7-8-20(5)6)12-21-16(13)19-11-15(17(21)22)18(2,3)4/h10-12H,7-9H2,1-6H3. The first-order chi connectivity index (χ1) is 10.7. The highest BCUT2D eigenvalue weighted by Gasteiger charge is 2.20. The molecule has 126 valence electrons.